The van der Waals surface area contributed by atoms with Crippen LogP contribution in [-0.2, 0) is 24.4 Å². The van der Waals surface area contributed by atoms with E-state index in [1.54, 1.807) is 11.1 Å². The topological polar surface area (TPSA) is 113 Å². The highest BCUT2D eigenvalue weighted by molar-refractivity contribution is 6.05. The highest BCUT2D eigenvalue weighted by Crippen LogP contribution is 2.36. The van der Waals surface area contributed by atoms with E-state index in [0.717, 1.165) is 29.0 Å². The Labute approximate surface area is 240 Å². The van der Waals surface area contributed by atoms with Gasteiger partial charge in [0.1, 0.15) is 23.4 Å². The van der Waals surface area contributed by atoms with Gasteiger partial charge in [0.2, 0.25) is 5.91 Å². The van der Waals surface area contributed by atoms with Gasteiger partial charge in [-0.25, -0.2) is 14.8 Å². The number of hydrogen-bond acceptors (Lipinski definition) is 7. The van der Waals surface area contributed by atoms with Crippen LogP contribution < -0.4 is 15.0 Å². The molecule has 3 amide bonds. The average molecular weight is 559 g/mol. The smallest absolute Gasteiger partial charge is 0.329 e. The Kier molecular flexibility index (Phi) is 7.77. The molecule has 1 saturated heterocycles. The van der Waals surface area contributed by atoms with E-state index >= 15 is 0 Å². The molecular formula is C31H38N6O4. The van der Waals surface area contributed by atoms with Crippen molar-refractivity contribution in [3.63, 3.8) is 0 Å². The number of nitrogens with zero attached hydrogens (tertiary/aromatic N) is 5. The van der Waals surface area contributed by atoms with E-state index in [-0.39, 0.29) is 25.0 Å². The number of ether oxygens (including phenoxy) is 1. The van der Waals surface area contributed by atoms with Gasteiger partial charge in [-0.3, -0.25) is 19.9 Å². The summed E-state index contributed by atoms with van der Waals surface area (Å²) in [7, 11) is 0. The lowest BCUT2D eigenvalue weighted by Gasteiger charge is -2.29. The largest absolute Gasteiger partial charge is 0.490 e. The second-order valence-corrected chi connectivity index (χ2v) is 11.3. The maximum Gasteiger partial charge on any atom is 0.329 e. The van der Waals surface area contributed by atoms with Gasteiger partial charge >= 0.3 is 6.03 Å². The molecule has 10 nitrogen and oxygen atoms in total. The number of carbonyl (C=O) groups is 2. The monoisotopic (exact) mass is 558 g/mol. The maximum atomic E-state index is 12.5. The van der Waals surface area contributed by atoms with Crippen LogP contribution in [0.25, 0.3) is 11.5 Å². The fourth-order valence-corrected chi connectivity index (χ4v) is 6.34. The van der Waals surface area contributed by atoms with Crippen molar-refractivity contribution in [2.75, 3.05) is 18.1 Å². The van der Waals surface area contributed by atoms with Crippen molar-refractivity contribution in [3.05, 3.63) is 59.4 Å². The van der Waals surface area contributed by atoms with Gasteiger partial charge in [-0.05, 0) is 61.4 Å². The highest BCUT2D eigenvalue weighted by Gasteiger charge is 2.33. The van der Waals surface area contributed by atoms with Crippen LogP contribution in [0.1, 0.15) is 68.8 Å². The third kappa shape index (κ3) is 5.46. The molecule has 3 atom stereocenters. The molecule has 1 aromatic carbocycles. The molecule has 216 valence electrons. The van der Waals surface area contributed by atoms with Gasteiger partial charge in [0.25, 0.3) is 0 Å². The van der Waals surface area contributed by atoms with Crippen molar-refractivity contribution in [1.29, 1.82) is 0 Å². The molecule has 1 saturated carbocycles. The van der Waals surface area contributed by atoms with E-state index in [0.29, 0.717) is 55.5 Å². The Balaban J connectivity index is 1.18. The minimum atomic E-state index is -0.441. The maximum absolute atomic E-state index is 12.5. The first-order chi connectivity index (χ1) is 19.9. The number of anilines is 1. The minimum absolute atomic E-state index is 0.0420. The number of amides is 3. The lowest BCUT2D eigenvalue weighted by molar-refractivity contribution is -0.120. The SMILES string of the molecule is CCn1c(N2CCC(=O)NC2=O)cnc1-c1ccc2c(n1)[C@@H](CO)N(Cc1ccc(O[C@@H]3CCCC[C@H]3C)cc1)C2. The summed E-state index contributed by atoms with van der Waals surface area (Å²) in [6, 6.07) is 11.7. The molecule has 2 aromatic heterocycles. The predicted octanol–water partition coefficient (Wildman–Crippen LogP) is 4.42. The van der Waals surface area contributed by atoms with Crippen LogP contribution in [0.2, 0.25) is 0 Å². The van der Waals surface area contributed by atoms with Gasteiger partial charge in [-0.15, -0.1) is 0 Å². The molecule has 3 aromatic rings. The van der Waals surface area contributed by atoms with Gasteiger partial charge in [0, 0.05) is 32.6 Å². The van der Waals surface area contributed by atoms with Crippen molar-refractivity contribution in [2.24, 2.45) is 5.92 Å². The molecule has 0 bridgehead atoms. The summed E-state index contributed by atoms with van der Waals surface area (Å²) in [5.41, 5.74) is 3.78. The number of carbonyl (C=O) groups excluding carboxylic acids is 2. The predicted molar refractivity (Wildman–Crippen MR) is 154 cm³/mol. The van der Waals surface area contributed by atoms with Crippen LogP contribution >= 0.6 is 0 Å². The van der Waals surface area contributed by atoms with Gasteiger partial charge in [-0.1, -0.05) is 31.5 Å². The van der Waals surface area contributed by atoms with Crippen LogP contribution in [-0.4, -0.2) is 55.7 Å². The molecule has 2 fully saturated rings. The second kappa shape index (κ2) is 11.6. The van der Waals surface area contributed by atoms with Gasteiger partial charge < -0.3 is 14.4 Å². The van der Waals surface area contributed by atoms with E-state index in [1.165, 1.54) is 19.3 Å². The van der Waals surface area contributed by atoms with Crippen molar-refractivity contribution < 1.29 is 19.4 Å². The number of nitrogens with one attached hydrogen (secondary N) is 1. The van der Waals surface area contributed by atoms with Crippen molar-refractivity contribution in [1.82, 2.24) is 24.8 Å². The highest BCUT2D eigenvalue weighted by atomic mass is 16.5. The lowest BCUT2D eigenvalue weighted by atomic mass is 9.88. The molecule has 2 N–H and O–H groups in total. The molecule has 10 heteroatoms. The Morgan fingerprint density at radius 3 is 2.63 bits per heavy atom. The summed E-state index contributed by atoms with van der Waals surface area (Å²) in [4.78, 5) is 37.4. The van der Waals surface area contributed by atoms with Gasteiger partial charge in [0.05, 0.1) is 24.5 Å². The zero-order valence-electron chi connectivity index (χ0n) is 23.8. The second-order valence-electron chi connectivity index (χ2n) is 11.3. The molecular weight excluding hydrogens is 520 g/mol. The average Bonchev–Trinajstić information content (AvgIpc) is 3.55. The number of benzene rings is 1. The number of aliphatic hydroxyl groups is 1. The summed E-state index contributed by atoms with van der Waals surface area (Å²) < 4.78 is 8.23. The lowest BCUT2D eigenvalue weighted by Crippen LogP contribution is -2.50. The summed E-state index contributed by atoms with van der Waals surface area (Å²) in [6.45, 7) is 6.49. The van der Waals surface area contributed by atoms with E-state index in [9.17, 15) is 14.7 Å². The number of imide groups is 1. The molecule has 41 heavy (non-hydrogen) atoms. The summed E-state index contributed by atoms with van der Waals surface area (Å²) >= 11 is 0. The third-order valence-electron chi connectivity index (χ3n) is 8.65. The van der Waals surface area contributed by atoms with Crippen LogP contribution in [0.3, 0.4) is 0 Å². The van der Waals surface area contributed by atoms with Crippen molar-refractivity contribution in [2.45, 2.75) is 77.7 Å². The summed E-state index contributed by atoms with van der Waals surface area (Å²) in [6.07, 6.45) is 7.08. The quantitative estimate of drug-likeness (QED) is 0.421. The van der Waals surface area contributed by atoms with E-state index in [2.05, 4.69) is 52.5 Å². The Hall–Kier alpha value is -3.76. The van der Waals surface area contributed by atoms with Gasteiger partial charge in [-0.2, -0.15) is 0 Å². The number of aliphatic hydroxyl groups excluding tert-OH is 1. The number of rotatable bonds is 8. The number of hydrogen-bond donors (Lipinski definition) is 2. The number of fused-ring (bicyclic) bond motifs is 1. The van der Waals surface area contributed by atoms with Crippen molar-refractivity contribution >= 4 is 17.8 Å². The molecule has 0 spiro atoms. The number of imidazole rings is 1. The number of urea groups is 1. The molecule has 0 radical (unpaired) electrons. The standard InChI is InChI=1S/C31H38N6O4/c1-3-36-28(37-15-14-27(39)34-31(37)40)16-32-30(36)24-13-10-22-18-35(25(19-38)29(22)33-24)17-21-8-11-23(12-9-21)41-26-7-5-4-6-20(26)2/h8-13,16,20,25-26,38H,3-7,14-15,17-19H2,1-2H3,(H,34,39,40)/t20-,25-,26-/m1/s1. The van der Waals surface area contributed by atoms with Crippen LogP contribution in [0.5, 0.6) is 5.75 Å². The minimum Gasteiger partial charge on any atom is -0.490 e. The number of pyridine rings is 1. The molecule has 1 aliphatic carbocycles. The van der Waals surface area contributed by atoms with E-state index in [1.807, 2.05) is 17.6 Å². The van der Waals surface area contributed by atoms with E-state index < -0.39 is 6.03 Å². The number of aromatic nitrogens is 3. The first kappa shape index (κ1) is 27.4. The zero-order chi connectivity index (χ0) is 28.5. The Morgan fingerprint density at radius 1 is 1.10 bits per heavy atom. The van der Waals surface area contributed by atoms with Crippen LogP contribution in [0.15, 0.2) is 42.6 Å². The molecule has 4 heterocycles. The fraction of sp³-hybridized carbons (Fsp3) is 0.484. The van der Waals surface area contributed by atoms with Crippen LogP contribution in [0, 0.1) is 5.92 Å². The molecule has 3 aliphatic rings. The molecule has 2 aliphatic heterocycles. The summed E-state index contributed by atoms with van der Waals surface area (Å²) in [5, 5.41) is 12.8. The van der Waals surface area contributed by atoms with Crippen LogP contribution in [0.4, 0.5) is 10.6 Å². The third-order valence-corrected chi connectivity index (χ3v) is 8.65. The first-order valence-corrected chi connectivity index (χ1v) is 14.7. The van der Waals surface area contributed by atoms with Gasteiger partial charge in [0.15, 0.2) is 5.82 Å². The molecule has 0 unspecified atom stereocenters. The normalized spacial score (nSPS) is 23.0. The Morgan fingerprint density at radius 2 is 1.90 bits per heavy atom. The summed E-state index contributed by atoms with van der Waals surface area (Å²) in [5.74, 6) is 2.51. The fourth-order valence-electron chi connectivity index (χ4n) is 6.34. The first-order valence-electron chi connectivity index (χ1n) is 14.7. The molecule has 6 rings (SSSR count). The zero-order valence-corrected chi connectivity index (χ0v) is 23.8. The van der Waals surface area contributed by atoms with Crippen molar-refractivity contribution in [3.8, 4) is 17.3 Å². The van der Waals surface area contributed by atoms with E-state index in [4.69, 9.17) is 9.72 Å². The Bertz CT molecular complexity index is 1420.